The Balaban J connectivity index is -0.000000489. The Kier molecular flexibility index (Phi) is 7.34. The molecule has 0 spiro atoms. The predicted molar refractivity (Wildman–Crippen MR) is 76.3 cm³/mol. The van der Waals surface area contributed by atoms with Crippen LogP contribution in [0.5, 0.6) is 0 Å². The number of carbonyl (C=O) groups is 1. The molecule has 0 saturated carbocycles. The fraction of sp³-hybridized carbons (Fsp3) is 0.167. The summed E-state index contributed by atoms with van der Waals surface area (Å²) in [6.07, 6.45) is 0. The van der Waals surface area contributed by atoms with E-state index in [1.54, 1.807) is 19.1 Å². The number of hydrogen-bond donors (Lipinski definition) is 1. The van der Waals surface area contributed by atoms with E-state index in [9.17, 15) is 4.79 Å². The Bertz CT molecular complexity index is 526. The summed E-state index contributed by atoms with van der Waals surface area (Å²) in [6, 6.07) is 8.83. The number of para-hydroxylation sites is 1. The van der Waals surface area contributed by atoms with Crippen molar-refractivity contribution in [3.05, 3.63) is 41.6 Å². The number of aryl methyl sites for hydroxylation is 1. The SMILES string of the molecule is CBr.Cc1cc(C(=O)O)c2ccccc2n1.[H-].[H-].[Mg+2]. The van der Waals surface area contributed by atoms with Crippen LogP contribution >= 0.6 is 15.9 Å². The van der Waals surface area contributed by atoms with Crippen LogP contribution in [-0.4, -0.2) is 44.9 Å². The zero-order chi connectivity index (χ0) is 12.1. The Morgan fingerprint density at radius 3 is 2.53 bits per heavy atom. The van der Waals surface area contributed by atoms with Crippen molar-refractivity contribution in [1.29, 1.82) is 0 Å². The van der Waals surface area contributed by atoms with E-state index in [0.29, 0.717) is 10.9 Å². The van der Waals surface area contributed by atoms with Gasteiger partial charge in [0.1, 0.15) is 0 Å². The largest absolute Gasteiger partial charge is 2.00 e. The molecule has 5 heteroatoms. The molecule has 0 atom stereocenters. The fourth-order valence-corrected chi connectivity index (χ4v) is 1.48. The van der Waals surface area contributed by atoms with Crippen LogP contribution in [0.4, 0.5) is 0 Å². The van der Waals surface area contributed by atoms with E-state index in [0.717, 1.165) is 11.2 Å². The van der Waals surface area contributed by atoms with Gasteiger partial charge < -0.3 is 7.96 Å². The molecule has 1 aromatic heterocycles. The zero-order valence-corrected chi connectivity index (χ0v) is 12.8. The number of nitrogens with zero attached hydrogens (tertiary/aromatic N) is 1. The second-order valence-corrected chi connectivity index (χ2v) is 3.13. The first-order valence-electron chi connectivity index (χ1n) is 4.66. The summed E-state index contributed by atoms with van der Waals surface area (Å²) in [6.45, 7) is 1.79. The van der Waals surface area contributed by atoms with Gasteiger partial charge in [0.15, 0.2) is 0 Å². The number of aromatic carboxylic acids is 1. The smallest absolute Gasteiger partial charge is 1.00 e. The van der Waals surface area contributed by atoms with Crippen molar-refractivity contribution in [2.24, 2.45) is 0 Å². The molecule has 0 aliphatic heterocycles. The molecule has 0 fully saturated rings. The van der Waals surface area contributed by atoms with Gasteiger partial charge in [-0.3, -0.25) is 4.98 Å². The van der Waals surface area contributed by atoms with Crippen molar-refractivity contribution < 1.29 is 12.8 Å². The number of carboxylic acid groups (broad SMARTS) is 1. The summed E-state index contributed by atoms with van der Waals surface area (Å²) in [5.74, 6) is 0.902. The van der Waals surface area contributed by atoms with Crippen LogP contribution in [0.25, 0.3) is 10.9 Å². The molecule has 2 rings (SSSR count). The van der Waals surface area contributed by atoms with Crippen LogP contribution in [0.1, 0.15) is 18.9 Å². The molecule has 88 valence electrons. The van der Waals surface area contributed by atoms with Crippen molar-refractivity contribution in [3.63, 3.8) is 0 Å². The van der Waals surface area contributed by atoms with Crippen LogP contribution in [0, 0.1) is 6.92 Å². The summed E-state index contributed by atoms with van der Waals surface area (Å²) < 4.78 is 0. The van der Waals surface area contributed by atoms with E-state index in [1.807, 2.05) is 24.0 Å². The van der Waals surface area contributed by atoms with Crippen LogP contribution in [0.3, 0.4) is 0 Å². The Labute approximate surface area is 127 Å². The van der Waals surface area contributed by atoms with Crippen molar-refractivity contribution in [1.82, 2.24) is 4.98 Å². The van der Waals surface area contributed by atoms with Crippen molar-refractivity contribution in [3.8, 4) is 0 Å². The van der Waals surface area contributed by atoms with Crippen LogP contribution in [0.15, 0.2) is 30.3 Å². The number of carboxylic acids is 1. The maximum absolute atomic E-state index is 10.9. The maximum Gasteiger partial charge on any atom is 2.00 e. The summed E-state index contributed by atoms with van der Waals surface area (Å²) in [5, 5.41) is 9.67. The topological polar surface area (TPSA) is 50.2 Å². The predicted octanol–water partition coefficient (Wildman–Crippen LogP) is 3.10. The van der Waals surface area contributed by atoms with Gasteiger partial charge in [-0.25, -0.2) is 4.79 Å². The second-order valence-electron chi connectivity index (χ2n) is 3.13. The molecule has 0 bridgehead atoms. The Morgan fingerprint density at radius 2 is 1.94 bits per heavy atom. The minimum atomic E-state index is -0.910. The minimum Gasteiger partial charge on any atom is -1.00 e. The number of halogens is 1. The normalized spacial score (nSPS) is 8.88. The van der Waals surface area contributed by atoms with Gasteiger partial charge in [0, 0.05) is 11.1 Å². The number of pyridine rings is 1. The van der Waals surface area contributed by atoms with E-state index >= 15 is 0 Å². The first kappa shape index (κ1) is 16.3. The third kappa shape index (κ3) is 3.94. The molecule has 2 aromatic rings. The summed E-state index contributed by atoms with van der Waals surface area (Å²) in [7, 11) is 0. The van der Waals surface area contributed by atoms with E-state index < -0.39 is 5.97 Å². The number of hydrogen-bond acceptors (Lipinski definition) is 2. The monoisotopic (exact) mass is 307 g/mol. The number of benzene rings is 1. The van der Waals surface area contributed by atoms with Crippen LogP contribution < -0.4 is 0 Å². The quantitative estimate of drug-likeness (QED) is 0.650. The van der Waals surface area contributed by atoms with E-state index in [-0.39, 0.29) is 25.9 Å². The maximum atomic E-state index is 10.9. The van der Waals surface area contributed by atoms with Crippen molar-refractivity contribution in [2.45, 2.75) is 6.92 Å². The van der Waals surface area contributed by atoms with Crippen molar-refractivity contribution in [2.75, 3.05) is 5.83 Å². The first-order chi connectivity index (χ1) is 7.68. The fourth-order valence-electron chi connectivity index (χ4n) is 1.48. The van der Waals surface area contributed by atoms with Gasteiger partial charge in [0.2, 0.25) is 0 Å². The minimum absolute atomic E-state index is 0. The molecule has 3 nitrogen and oxygen atoms in total. The summed E-state index contributed by atoms with van der Waals surface area (Å²) in [4.78, 5) is 15.2. The summed E-state index contributed by atoms with van der Waals surface area (Å²) >= 11 is 2.94. The van der Waals surface area contributed by atoms with Gasteiger partial charge in [0.25, 0.3) is 0 Å². The summed E-state index contributed by atoms with van der Waals surface area (Å²) in [5.41, 5.74) is 1.76. The molecule has 17 heavy (non-hydrogen) atoms. The number of fused-ring (bicyclic) bond motifs is 1. The second kappa shape index (κ2) is 7.63. The van der Waals surface area contributed by atoms with Gasteiger partial charge in [0.05, 0.1) is 11.1 Å². The average Bonchev–Trinajstić information content (AvgIpc) is 2.30. The molecule has 0 unspecified atom stereocenters. The molecule has 1 heterocycles. The van der Waals surface area contributed by atoms with Gasteiger partial charge in [-0.1, -0.05) is 34.1 Å². The Hall–Kier alpha value is -0.654. The van der Waals surface area contributed by atoms with Crippen molar-refractivity contribution >= 4 is 55.9 Å². The van der Waals surface area contributed by atoms with Gasteiger partial charge in [-0.2, -0.15) is 0 Å². The molecule has 0 aliphatic rings. The average molecular weight is 308 g/mol. The van der Waals surface area contributed by atoms with E-state index in [1.165, 1.54) is 0 Å². The zero-order valence-electron chi connectivity index (χ0n) is 11.8. The molecule has 0 saturated heterocycles. The van der Waals surface area contributed by atoms with Crippen LogP contribution in [-0.2, 0) is 0 Å². The van der Waals surface area contributed by atoms with Crippen LogP contribution in [0.2, 0.25) is 0 Å². The third-order valence-corrected chi connectivity index (χ3v) is 2.07. The standard InChI is InChI=1S/C11H9NO2.CH3Br.Mg.2H/c1-7-6-9(11(13)14)8-4-2-3-5-10(8)12-7;1-2;;;/h2-6H,1H3,(H,13,14);1H3;;;/q;;+2;2*-1. The molecular weight excluding hydrogens is 294 g/mol. The van der Waals surface area contributed by atoms with Gasteiger partial charge in [-0.05, 0) is 24.9 Å². The molecule has 1 aromatic carbocycles. The third-order valence-electron chi connectivity index (χ3n) is 2.07. The first-order valence-corrected chi connectivity index (χ1v) is 6.24. The molecule has 0 aliphatic carbocycles. The molecule has 0 radical (unpaired) electrons. The number of aromatic nitrogens is 1. The number of alkyl halides is 1. The molecular formula is C12H14BrMgNO2. The molecule has 1 N–H and O–H groups in total. The number of rotatable bonds is 1. The Morgan fingerprint density at radius 1 is 1.35 bits per heavy atom. The van der Waals surface area contributed by atoms with Gasteiger partial charge in [-0.15, -0.1) is 0 Å². The van der Waals surface area contributed by atoms with Gasteiger partial charge >= 0.3 is 29.0 Å². The molecule has 0 amide bonds. The van der Waals surface area contributed by atoms with E-state index in [2.05, 4.69) is 20.9 Å². The van der Waals surface area contributed by atoms with E-state index in [4.69, 9.17) is 5.11 Å².